The van der Waals surface area contributed by atoms with Gasteiger partial charge in [0.1, 0.15) is 11.1 Å². The summed E-state index contributed by atoms with van der Waals surface area (Å²) in [5.41, 5.74) is 7.02. The van der Waals surface area contributed by atoms with Gasteiger partial charge in [0.05, 0.1) is 0 Å². The van der Waals surface area contributed by atoms with E-state index in [2.05, 4.69) is 0 Å². The highest BCUT2D eigenvalue weighted by Crippen LogP contribution is 2.38. The first kappa shape index (κ1) is 19.7. The maximum absolute atomic E-state index is 14.1. The molecular formula is C18H22ClFN2O2S. The zero-order valence-corrected chi connectivity index (χ0v) is 15.6. The van der Waals surface area contributed by atoms with Gasteiger partial charge in [-0.25, -0.2) is 12.8 Å². The van der Waals surface area contributed by atoms with E-state index in [1.807, 2.05) is 37.3 Å². The van der Waals surface area contributed by atoms with Crippen LogP contribution in [0.1, 0.15) is 36.1 Å². The molecule has 25 heavy (non-hydrogen) atoms. The Labute approximate surface area is 154 Å². The number of benzene rings is 2. The standard InChI is InChI=1S/C18H21FN2O2S.ClH/c1-13-7-10-18(14-5-3-2-4-6-14)24(22,23)21(13)12-15-8-9-16(20)11-17(15)19;/h2-6,8-9,11,13,18H,7,10,12,20H2,1H3;1H/t13-,18?;/m0./s1. The molecule has 1 fully saturated rings. The van der Waals surface area contributed by atoms with Gasteiger partial charge in [0.15, 0.2) is 0 Å². The molecule has 0 saturated carbocycles. The van der Waals surface area contributed by atoms with Gasteiger partial charge >= 0.3 is 0 Å². The maximum Gasteiger partial charge on any atom is 0.221 e. The van der Waals surface area contributed by atoms with Crippen molar-refractivity contribution in [1.82, 2.24) is 4.31 Å². The molecule has 0 bridgehead atoms. The summed E-state index contributed by atoms with van der Waals surface area (Å²) in [4.78, 5) is 0. The first-order chi connectivity index (χ1) is 11.4. The number of rotatable bonds is 3. The summed E-state index contributed by atoms with van der Waals surface area (Å²) in [6.07, 6.45) is 1.32. The second-order valence-electron chi connectivity index (χ2n) is 6.27. The Hall–Kier alpha value is -1.63. The molecule has 1 aliphatic rings. The van der Waals surface area contributed by atoms with Gasteiger partial charge in [-0.1, -0.05) is 36.4 Å². The Balaban J connectivity index is 0.00000225. The molecule has 0 aromatic heterocycles. The lowest BCUT2D eigenvalue weighted by atomic mass is 10.0. The minimum atomic E-state index is -3.56. The summed E-state index contributed by atoms with van der Waals surface area (Å²) in [7, 11) is -3.56. The summed E-state index contributed by atoms with van der Waals surface area (Å²) in [5, 5.41) is -0.577. The topological polar surface area (TPSA) is 63.4 Å². The number of sulfonamides is 1. The van der Waals surface area contributed by atoms with Crippen molar-refractivity contribution in [3.63, 3.8) is 0 Å². The van der Waals surface area contributed by atoms with Gasteiger partial charge in [-0.15, -0.1) is 12.4 Å². The predicted molar refractivity (Wildman–Crippen MR) is 100 cm³/mol. The molecule has 2 aromatic rings. The predicted octanol–water partition coefficient (Wildman–Crippen LogP) is 3.89. The van der Waals surface area contributed by atoms with E-state index in [4.69, 9.17) is 5.73 Å². The summed E-state index contributed by atoms with van der Waals surface area (Å²) in [6.45, 7) is 1.90. The van der Waals surface area contributed by atoms with Crippen LogP contribution in [0.15, 0.2) is 48.5 Å². The minimum absolute atomic E-state index is 0. The van der Waals surface area contributed by atoms with Crippen LogP contribution in [0.3, 0.4) is 0 Å². The van der Waals surface area contributed by atoms with E-state index < -0.39 is 21.1 Å². The third-order valence-corrected chi connectivity index (χ3v) is 6.97. The molecule has 2 N–H and O–H groups in total. The zero-order valence-electron chi connectivity index (χ0n) is 13.9. The summed E-state index contributed by atoms with van der Waals surface area (Å²) >= 11 is 0. The number of nitrogens with two attached hydrogens (primary N) is 1. The fraction of sp³-hybridized carbons (Fsp3) is 0.333. The number of anilines is 1. The molecule has 0 aliphatic carbocycles. The number of halogens is 2. The van der Waals surface area contributed by atoms with Crippen molar-refractivity contribution < 1.29 is 12.8 Å². The van der Waals surface area contributed by atoms with Crippen molar-refractivity contribution in [3.05, 3.63) is 65.5 Å². The zero-order chi connectivity index (χ0) is 17.3. The largest absolute Gasteiger partial charge is 0.399 e. The monoisotopic (exact) mass is 384 g/mol. The SMILES string of the molecule is C[C@H]1CCC(c2ccccc2)S(=O)(=O)N1Cc1ccc(N)cc1F.Cl. The third kappa shape index (κ3) is 3.97. The quantitative estimate of drug-likeness (QED) is 0.816. The third-order valence-electron chi connectivity index (χ3n) is 4.60. The van der Waals surface area contributed by atoms with E-state index >= 15 is 0 Å². The van der Waals surface area contributed by atoms with Gasteiger partial charge in [-0.2, -0.15) is 4.31 Å². The Morgan fingerprint density at radius 3 is 2.48 bits per heavy atom. The molecule has 2 atom stereocenters. The highest BCUT2D eigenvalue weighted by molar-refractivity contribution is 7.89. The lowest BCUT2D eigenvalue weighted by Gasteiger charge is -2.37. The van der Waals surface area contributed by atoms with Crippen molar-refractivity contribution in [2.75, 3.05) is 5.73 Å². The number of nitrogens with zero attached hydrogens (tertiary/aromatic N) is 1. The molecule has 0 amide bonds. The molecule has 0 spiro atoms. The summed E-state index contributed by atoms with van der Waals surface area (Å²) < 4.78 is 41.7. The van der Waals surface area contributed by atoms with Crippen molar-refractivity contribution in [2.24, 2.45) is 0 Å². The van der Waals surface area contributed by atoms with Crippen LogP contribution < -0.4 is 5.73 Å². The first-order valence-electron chi connectivity index (χ1n) is 7.99. The van der Waals surface area contributed by atoms with Gasteiger partial charge in [0, 0.05) is 23.8 Å². The Bertz CT molecular complexity index is 830. The summed E-state index contributed by atoms with van der Waals surface area (Å²) in [5.74, 6) is -0.473. The fourth-order valence-electron chi connectivity index (χ4n) is 3.21. The van der Waals surface area contributed by atoms with E-state index in [0.717, 1.165) is 12.0 Å². The average Bonchev–Trinajstić information content (AvgIpc) is 2.53. The van der Waals surface area contributed by atoms with E-state index in [1.54, 1.807) is 12.1 Å². The van der Waals surface area contributed by atoms with E-state index in [9.17, 15) is 12.8 Å². The van der Waals surface area contributed by atoms with Crippen molar-refractivity contribution in [2.45, 2.75) is 37.6 Å². The minimum Gasteiger partial charge on any atom is -0.399 e. The Morgan fingerprint density at radius 1 is 1.16 bits per heavy atom. The van der Waals surface area contributed by atoms with Gasteiger partial charge in [0.25, 0.3) is 0 Å². The van der Waals surface area contributed by atoms with Gasteiger partial charge in [-0.05, 0) is 37.5 Å². The average molecular weight is 385 g/mol. The number of nitrogen functional groups attached to an aromatic ring is 1. The highest BCUT2D eigenvalue weighted by atomic mass is 35.5. The molecule has 4 nitrogen and oxygen atoms in total. The molecule has 0 radical (unpaired) electrons. The molecule has 1 heterocycles. The second kappa shape index (κ2) is 7.72. The lowest BCUT2D eigenvalue weighted by molar-refractivity contribution is 0.279. The van der Waals surface area contributed by atoms with Crippen molar-refractivity contribution in [1.29, 1.82) is 0 Å². The van der Waals surface area contributed by atoms with Crippen molar-refractivity contribution in [3.8, 4) is 0 Å². The molecule has 2 aromatic carbocycles. The number of hydrogen-bond acceptors (Lipinski definition) is 3. The van der Waals surface area contributed by atoms with Crippen LogP contribution in [0, 0.1) is 5.82 Å². The van der Waals surface area contributed by atoms with Crippen LogP contribution in [-0.2, 0) is 16.6 Å². The molecule has 1 saturated heterocycles. The Morgan fingerprint density at radius 2 is 1.84 bits per heavy atom. The maximum atomic E-state index is 14.1. The molecule has 136 valence electrons. The highest BCUT2D eigenvalue weighted by Gasteiger charge is 2.40. The molecule has 1 unspecified atom stereocenters. The van der Waals surface area contributed by atoms with Gasteiger partial charge < -0.3 is 5.73 Å². The van der Waals surface area contributed by atoms with Crippen molar-refractivity contribution >= 4 is 28.1 Å². The van der Waals surface area contributed by atoms with Crippen LogP contribution in [-0.4, -0.2) is 18.8 Å². The van der Waals surface area contributed by atoms with Crippen LogP contribution in [0.25, 0.3) is 0 Å². The first-order valence-corrected chi connectivity index (χ1v) is 9.49. The molecule has 3 rings (SSSR count). The smallest absolute Gasteiger partial charge is 0.221 e. The van der Waals surface area contributed by atoms with Gasteiger partial charge in [-0.3, -0.25) is 0 Å². The normalized spacial score (nSPS) is 23.0. The van der Waals surface area contributed by atoms with E-state index in [-0.39, 0.29) is 25.0 Å². The van der Waals surface area contributed by atoms with Crippen LogP contribution in [0.4, 0.5) is 10.1 Å². The number of hydrogen-bond donors (Lipinski definition) is 1. The van der Waals surface area contributed by atoms with Crippen LogP contribution in [0.2, 0.25) is 0 Å². The second-order valence-corrected chi connectivity index (χ2v) is 8.33. The molecule has 7 heteroatoms. The molecule has 1 aliphatic heterocycles. The van der Waals surface area contributed by atoms with Gasteiger partial charge in [0.2, 0.25) is 10.0 Å². The molecular weight excluding hydrogens is 363 g/mol. The Kier molecular flexibility index (Phi) is 6.08. The van der Waals surface area contributed by atoms with E-state index in [0.29, 0.717) is 17.7 Å². The van der Waals surface area contributed by atoms with Crippen LogP contribution in [0.5, 0.6) is 0 Å². The summed E-state index contributed by atoms with van der Waals surface area (Å²) in [6, 6.07) is 13.4. The van der Waals surface area contributed by atoms with E-state index in [1.165, 1.54) is 10.4 Å². The van der Waals surface area contributed by atoms with Crippen LogP contribution >= 0.6 is 12.4 Å². The lowest BCUT2D eigenvalue weighted by Crippen LogP contribution is -2.44. The fourth-order valence-corrected chi connectivity index (χ4v) is 5.40.